The number of nitrogens with zero attached hydrogens (tertiary/aromatic N) is 1. The standard InChI is InChI=1S/C12H16N4O3/c13-5-6-14-12(17)8-1-4-10(15-9-2-3-9)11(7-8)16(18)19/h1,4,7,9,15H,2-3,5-6,13H2,(H,14,17). The Balaban J connectivity index is 2.19. The monoisotopic (exact) mass is 264 g/mol. The molecule has 102 valence electrons. The molecule has 1 aromatic carbocycles. The molecular formula is C12H16N4O3. The largest absolute Gasteiger partial charge is 0.377 e. The van der Waals surface area contributed by atoms with Crippen molar-refractivity contribution >= 4 is 17.3 Å². The molecule has 7 heteroatoms. The molecule has 1 aliphatic carbocycles. The van der Waals surface area contributed by atoms with Gasteiger partial charge in [-0.25, -0.2) is 0 Å². The van der Waals surface area contributed by atoms with Gasteiger partial charge in [-0.2, -0.15) is 0 Å². The lowest BCUT2D eigenvalue weighted by atomic mass is 10.1. The normalized spacial score (nSPS) is 13.9. The van der Waals surface area contributed by atoms with Crippen molar-refractivity contribution in [3.63, 3.8) is 0 Å². The molecule has 4 N–H and O–H groups in total. The minimum atomic E-state index is -0.482. The molecule has 0 aliphatic heterocycles. The third-order valence-corrected chi connectivity index (χ3v) is 2.82. The van der Waals surface area contributed by atoms with Gasteiger partial charge in [0.25, 0.3) is 11.6 Å². The van der Waals surface area contributed by atoms with E-state index in [0.29, 0.717) is 24.8 Å². The summed E-state index contributed by atoms with van der Waals surface area (Å²) in [7, 11) is 0. The Labute approximate surface area is 110 Å². The SMILES string of the molecule is NCCNC(=O)c1ccc(NC2CC2)c([N+](=O)[O-])c1. The summed E-state index contributed by atoms with van der Waals surface area (Å²) in [5.41, 5.74) is 5.94. The first-order valence-corrected chi connectivity index (χ1v) is 6.15. The van der Waals surface area contributed by atoms with Crippen molar-refractivity contribution in [2.75, 3.05) is 18.4 Å². The number of carbonyl (C=O) groups excluding carboxylic acids is 1. The maximum atomic E-state index is 11.7. The minimum Gasteiger partial charge on any atom is -0.377 e. The van der Waals surface area contributed by atoms with E-state index in [2.05, 4.69) is 10.6 Å². The van der Waals surface area contributed by atoms with Crippen LogP contribution in [0, 0.1) is 10.1 Å². The fraction of sp³-hybridized carbons (Fsp3) is 0.417. The summed E-state index contributed by atoms with van der Waals surface area (Å²) in [6.07, 6.45) is 2.05. The fourth-order valence-electron chi connectivity index (χ4n) is 1.68. The highest BCUT2D eigenvalue weighted by Crippen LogP contribution is 2.31. The maximum absolute atomic E-state index is 11.7. The molecule has 2 rings (SSSR count). The molecule has 0 unspecified atom stereocenters. The summed E-state index contributed by atoms with van der Waals surface area (Å²) in [5, 5.41) is 16.7. The highest BCUT2D eigenvalue weighted by molar-refractivity contribution is 5.95. The molecule has 1 aliphatic rings. The van der Waals surface area contributed by atoms with Gasteiger partial charge in [0.15, 0.2) is 0 Å². The Bertz CT molecular complexity index is 500. The molecule has 19 heavy (non-hydrogen) atoms. The van der Waals surface area contributed by atoms with Crippen LogP contribution < -0.4 is 16.4 Å². The number of nitro groups is 1. The Morgan fingerprint density at radius 3 is 2.79 bits per heavy atom. The number of nitro benzene ring substituents is 1. The van der Waals surface area contributed by atoms with Crippen LogP contribution in [-0.4, -0.2) is 30.0 Å². The van der Waals surface area contributed by atoms with Crippen molar-refractivity contribution in [1.29, 1.82) is 0 Å². The lowest BCUT2D eigenvalue weighted by molar-refractivity contribution is -0.384. The highest BCUT2D eigenvalue weighted by atomic mass is 16.6. The average Bonchev–Trinajstić information content (AvgIpc) is 3.20. The van der Waals surface area contributed by atoms with Gasteiger partial charge >= 0.3 is 0 Å². The summed E-state index contributed by atoms with van der Waals surface area (Å²) in [4.78, 5) is 22.3. The van der Waals surface area contributed by atoms with E-state index in [1.807, 2.05) is 0 Å². The second kappa shape index (κ2) is 5.66. The van der Waals surface area contributed by atoms with Gasteiger partial charge in [-0.15, -0.1) is 0 Å². The van der Waals surface area contributed by atoms with Gasteiger partial charge in [0.05, 0.1) is 4.92 Å². The van der Waals surface area contributed by atoms with Crippen LogP contribution in [0.2, 0.25) is 0 Å². The number of hydrogen-bond acceptors (Lipinski definition) is 5. The van der Waals surface area contributed by atoms with E-state index in [1.54, 1.807) is 12.1 Å². The molecular weight excluding hydrogens is 248 g/mol. The molecule has 0 spiro atoms. The Morgan fingerprint density at radius 1 is 1.47 bits per heavy atom. The van der Waals surface area contributed by atoms with Crippen molar-refractivity contribution in [2.24, 2.45) is 5.73 Å². The van der Waals surface area contributed by atoms with Crippen LogP contribution in [0.25, 0.3) is 0 Å². The van der Waals surface area contributed by atoms with Crippen LogP contribution in [0.5, 0.6) is 0 Å². The van der Waals surface area contributed by atoms with E-state index in [4.69, 9.17) is 5.73 Å². The van der Waals surface area contributed by atoms with Crippen LogP contribution in [0.15, 0.2) is 18.2 Å². The molecule has 1 fully saturated rings. The molecule has 1 amide bonds. The zero-order chi connectivity index (χ0) is 13.8. The second-order valence-electron chi connectivity index (χ2n) is 4.45. The number of anilines is 1. The first-order valence-electron chi connectivity index (χ1n) is 6.15. The number of nitrogens with one attached hydrogen (secondary N) is 2. The molecule has 0 heterocycles. The number of benzene rings is 1. The molecule has 0 saturated heterocycles. The predicted octanol–water partition coefficient (Wildman–Crippen LogP) is 0.858. The van der Waals surface area contributed by atoms with Crippen molar-refractivity contribution in [1.82, 2.24) is 5.32 Å². The van der Waals surface area contributed by atoms with Crippen LogP contribution in [0.4, 0.5) is 11.4 Å². The van der Waals surface area contributed by atoms with Crippen LogP contribution in [0.3, 0.4) is 0 Å². The highest BCUT2D eigenvalue weighted by Gasteiger charge is 2.25. The zero-order valence-electron chi connectivity index (χ0n) is 10.4. The zero-order valence-corrected chi connectivity index (χ0v) is 10.4. The van der Waals surface area contributed by atoms with Crippen LogP contribution in [0.1, 0.15) is 23.2 Å². The summed E-state index contributed by atoms with van der Waals surface area (Å²) in [6.45, 7) is 0.670. The average molecular weight is 264 g/mol. The summed E-state index contributed by atoms with van der Waals surface area (Å²) in [5.74, 6) is -0.355. The van der Waals surface area contributed by atoms with Crippen LogP contribution in [-0.2, 0) is 0 Å². The van der Waals surface area contributed by atoms with Crippen molar-refractivity contribution < 1.29 is 9.72 Å². The summed E-state index contributed by atoms with van der Waals surface area (Å²) >= 11 is 0. The van der Waals surface area contributed by atoms with E-state index in [1.165, 1.54) is 6.07 Å². The fourth-order valence-corrected chi connectivity index (χ4v) is 1.68. The molecule has 0 radical (unpaired) electrons. The summed E-state index contributed by atoms with van der Waals surface area (Å²) < 4.78 is 0. The van der Waals surface area contributed by atoms with Gasteiger partial charge in [0.2, 0.25) is 0 Å². The Kier molecular flexibility index (Phi) is 3.96. The van der Waals surface area contributed by atoms with Crippen molar-refractivity contribution in [3.8, 4) is 0 Å². The predicted molar refractivity (Wildman–Crippen MR) is 71.1 cm³/mol. The Morgan fingerprint density at radius 2 is 2.21 bits per heavy atom. The lowest BCUT2D eigenvalue weighted by Gasteiger charge is -2.08. The number of rotatable bonds is 6. The smallest absolute Gasteiger partial charge is 0.293 e. The van der Waals surface area contributed by atoms with E-state index in [9.17, 15) is 14.9 Å². The maximum Gasteiger partial charge on any atom is 0.293 e. The second-order valence-corrected chi connectivity index (χ2v) is 4.45. The quantitative estimate of drug-likeness (QED) is 0.521. The molecule has 0 atom stereocenters. The van der Waals surface area contributed by atoms with Crippen molar-refractivity contribution in [2.45, 2.75) is 18.9 Å². The van der Waals surface area contributed by atoms with Gasteiger partial charge < -0.3 is 16.4 Å². The third-order valence-electron chi connectivity index (χ3n) is 2.82. The first-order chi connectivity index (χ1) is 9.11. The third kappa shape index (κ3) is 3.41. The van der Waals surface area contributed by atoms with Crippen molar-refractivity contribution in [3.05, 3.63) is 33.9 Å². The molecule has 0 aromatic heterocycles. The molecule has 1 saturated carbocycles. The van der Waals surface area contributed by atoms with E-state index < -0.39 is 4.92 Å². The van der Waals surface area contributed by atoms with Crippen LogP contribution >= 0.6 is 0 Å². The van der Waals surface area contributed by atoms with Gasteiger partial charge in [0, 0.05) is 30.8 Å². The van der Waals surface area contributed by atoms with E-state index in [0.717, 1.165) is 12.8 Å². The lowest BCUT2D eigenvalue weighted by Crippen LogP contribution is -2.29. The number of nitrogens with two attached hydrogens (primary N) is 1. The molecule has 0 bridgehead atoms. The summed E-state index contributed by atoms with van der Waals surface area (Å²) in [6, 6.07) is 4.75. The van der Waals surface area contributed by atoms with Gasteiger partial charge in [-0.3, -0.25) is 14.9 Å². The first kappa shape index (κ1) is 13.3. The van der Waals surface area contributed by atoms with Gasteiger partial charge in [-0.05, 0) is 25.0 Å². The number of hydrogen-bond donors (Lipinski definition) is 3. The van der Waals surface area contributed by atoms with Gasteiger partial charge in [-0.1, -0.05) is 0 Å². The Hall–Kier alpha value is -2.15. The number of amides is 1. The molecule has 7 nitrogen and oxygen atoms in total. The molecule has 1 aromatic rings. The minimum absolute atomic E-state index is 0.0766. The van der Waals surface area contributed by atoms with Gasteiger partial charge in [0.1, 0.15) is 5.69 Å². The van der Waals surface area contributed by atoms with E-state index >= 15 is 0 Å². The number of carbonyl (C=O) groups is 1. The topological polar surface area (TPSA) is 110 Å². The van der Waals surface area contributed by atoms with E-state index in [-0.39, 0.29) is 17.2 Å².